The lowest BCUT2D eigenvalue weighted by Gasteiger charge is -2.27. The van der Waals surface area contributed by atoms with Gasteiger partial charge in [0, 0.05) is 24.8 Å². The van der Waals surface area contributed by atoms with Crippen molar-refractivity contribution in [2.24, 2.45) is 35.1 Å². The van der Waals surface area contributed by atoms with E-state index in [1.165, 1.54) is 0 Å². The minimum absolute atomic E-state index is 0.0154. The highest BCUT2D eigenvalue weighted by Gasteiger charge is 2.36. The molecular formula is C42H55N5O8. The molecule has 13 nitrogen and oxygen atoms in total. The van der Waals surface area contributed by atoms with E-state index in [1.54, 1.807) is 13.8 Å². The zero-order chi connectivity index (χ0) is 40.5. The van der Waals surface area contributed by atoms with Crippen molar-refractivity contribution in [2.45, 2.75) is 91.3 Å². The van der Waals surface area contributed by atoms with Crippen LogP contribution in [0.1, 0.15) is 77.3 Å². The number of hydrogen-bond donors (Lipinski definition) is 5. The van der Waals surface area contributed by atoms with Crippen LogP contribution < -0.4 is 27.4 Å². The van der Waals surface area contributed by atoms with Gasteiger partial charge in [0.25, 0.3) is 5.91 Å². The molecule has 0 fully saturated rings. The van der Waals surface area contributed by atoms with Crippen LogP contribution in [0.25, 0.3) is 10.8 Å². The van der Waals surface area contributed by atoms with E-state index in [9.17, 15) is 33.6 Å². The molecule has 55 heavy (non-hydrogen) atoms. The van der Waals surface area contributed by atoms with Crippen molar-refractivity contribution in [2.75, 3.05) is 6.54 Å². The van der Waals surface area contributed by atoms with E-state index >= 15 is 0 Å². The molecule has 3 aromatic carbocycles. The molecular weight excluding hydrogens is 702 g/mol. The number of Topliss-reactive ketones (excluding diaryl/α,β-unsaturated/α-hetero) is 2. The van der Waals surface area contributed by atoms with Crippen molar-refractivity contribution >= 4 is 52.1 Å². The Morgan fingerprint density at radius 1 is 0.764 bits per heavy atom. The number of carbonyl (C=O) groups is 7. The number of amides is 5. The molecule has 0 aliphatic heterocycles. The van der Waals surface area contributed by atoms with Gasteiger partial charge in [0.2, 0.25) is 17.6 Å². The molecule has 5 amide bonds. The summed E-state index contributed by atoms with van der Waals surface area (Å²) in [7, 11) is 0. The Morgan fingerprint density at radius 3 is 2.07 bits per heavy atom. The molecule has 296 valence electrons. The summed E-state index contributed by atoms with van der Waals surface area (Å²) in [6, 6.07) is 19.3. The number of fused-ring (bicyclic) bond motifs is 1. The molecule has 0 aliphatic carbocycles. The predicted octanol–water partition coefficient (Wildman–Crippen LogP) is 4.27. The van der Waals surface area contributed by atoms with Crippen molar-refractivity contribution in [3.63, 3.8) is 0 Å². The molecule has 0 aliphatic rings. The topological polar surface area (TPSA) is 217 Å². The molecule has 0 heterocycles. The van der Waals surface area contributed by atoms with Crippen LogP contribution in [0.4, 0.5) is 4.79 Å². The highest BCUT2D eigenvalue weighted by molar-refractivity contribution is 6.39. The van der Waals surface area contributed by atoms with Crippen LogP contribution in [0.15, 0.2) is 72.8 Å². The first-order valence-electron chi connectivity index (χ1n) is 18.9. The van der Waals surface area contributed by atoms with Gasteiger partial charge in [-0.2, -0.15) is 0 Å². The number of ketones is 2. The summed E-state index contributed by atoms with van der Waals surface area (Å²) in [6.07, 6.45) is 0.621. The predicted molar refractivity (Wildman–Crippen MR) is 209 cm³/mol. The Labute approximate surface area is 322 Å². The Balaban J connectivity index is 1.75. The highest BCUT2D eigenvalue weighted by atomic mass is 16.5. The van der Waals surface area contributed by atoms with Crippen molar-refractivity contribution in [1.82, 2.24) is 16.0 Å². The average molecular weight is 758 g/mol. The molecule has 0 radical (unpaired) electrons. The van der Waals surface area contributed by atoms with E-state index < -0.39 is 71.1 Å². The number of benzene rings is 3. The number of ether oxygens (including phenoxy) is 1. The number of nitrogens with one attached hydrogen (secondary N) is 3. The average Bonchev–Trinajstić information content (AvgIpc) is 3.15. The van der Waals surface area contributed by atoms with Crippen LogP contribution in [-0.2, 0) is 46.5 Å². The van der Waals surface area contributed by atoms with Gasteiger partial charge in [-0.3, -0.25) is 28.8 Å². The van der Waals surface area contributed by atoms with Gasteiger partial charge in [-0.05, 0) is 59.4 Å². The second kappa shape index (κ2) is 21.9. The van der Waals surface area contributed by atoms with Gasteiger partial charge in [-0.15, -0.1) is 0 Å². The minimum atomic E-state index is -1.26. The van der Waals surface area contributed by atoms with Gasteiger partial charge >= 0.3 is 12.0 Å². The van der Waals surface area contributed by atoms with Crippen molar-refractivity contribution < 1.29 is 38.3 Å². The van der Waals surface area contributed by atoms with Gasteiger partial charge in [-0.25, -0.2) is 4.79 Å². The number of primary amides is 2. The highest BCUT2D eigenvalue weighted by Crippen LogP contribution is 2.22. The zero-order valence-electron chi connectivity index (χ0n) is 32.2. The van der Waals surface area contributed by atoms with Gasteiger partial charge in [-0.1, -0.05) is 107 Å². The van der Waals surface area contributed by atoms with Crippen LogP contribution in [-0.4, -0.2) is 59.9 Å². The van der Waals surface area contributed by atoms with Crippen molar-refractivity contribution in [3.8, 4) is 0 Å². The summed E-state index contributed by atoms with van der Waals surface area (Å²) in [6.45, 7) is 7.47. The molecule has 0 bridgehead atoms. The first-order chi connectivity index (χ1) is 26.2. The Morgan fingerprint density at radius 2 is 1.44 bits per heavy atom. The van der Waals surface area contributed by atoms with Crippen molar-refractivity contribution in [1.29, 1.82) is 0 Å². The molecule has 5 unspecified atom stereocenters. The van der Waals surface area contributed by atoms with E-state index in [2.05, 4.69) is 16.0 Å². The third kappa shape index (κ3) is 14.6. The lowest BCUT2D eigenvalue weighted by atomic mass is 9.89. The third-order valence-electron chi connectivity index (χ3n) is 9.61. The van der Waals surface area contributed by atoms with Crippen LogP contribution in [0.3, 0.4) is 0 Å². The van der Waals surface area contributed by atoms with Gasteiger partial charge in [0.1, 0.15) is 6.61 Å². The SMILES string of the molecule is CCC(C)C(NC(=O)C(CC(=O)OCc1ccccc1)CC(C)C)C(=O)C(=O)NC(CCCNC(N)=O)C(=O)CC(Cc1ccc2ccccc2c1)C(N)=O. The quantitative estimate of drug-likeness (QED) is 0.0533. The second-order valence-corrected chi connectivity index (χ2v) is 14.5. The van der Waals surface area contributed by atoms with Crippen LogP contribution in [0, 0.1) is 23.7 Å². The molecule has 13 heteroatoms. The van der Waals surface area contributed by atoms with Gasteiger partial charge in [0.05, 0.1) is 18.5 Å². The summed E-state index contributed by atoms with van der Waals surface area (Å²) in [5.74, 6) is -6.62. The third-order valence-corrected chi connectivity index (χ3v) is 9.61. The first-order valence-corrected chi connectivity index (χ1v) is 18.9. The maximum absolute atomic E-state index is 13.8. The smallest absolute Gasteiger partial charge is 0.312 e. The fourth-order valence-corrected chi connectivity index (χ4v) is 6.33. The monoisotopic (exact) mass is 757 g/mol. The maximum atomic E-state index is 13.8. The molecule has 7 N–H and O–H groups in total. The standard InChI is InChI=1S/C42H55N5O8/c1-5-27(4)37(47-40(52)33(20-26(2)3)24-36(49)55-25-28-12-7-6-8-13-28)38(50)41(53)46-34(16-11-19-45-42(44)54)35(48)23-32(39(43)51)22-29-17-18-30-14-9-10-15-31(30)21-29/h6-10,12-15,17-18,21,26-27,32-34,37H,5,11,16,19-20,22-25H2,1-4H3,(H2,43,51)(H,46,53)(H,47,52)(H3,44,45,54). The fraction of sp³-hybridized carbons (Fsp3) is 0.452. The summed E-state index contributed by atoms with van der Waals surface area (Å²) in [4.78, 5) is 91.5. The summed E-state index contributed by atoms with van der Waals surface area (Å²) in [5.41, 5.74) is 12.5. The lowest BCUT2D eigenvalue weighted by molar-refractivity contribution is -0.149. The van der Waals surface area contributed by atoms with Gasteiger partial charge < -0.3 is 32.2 Å². The number of urea groups is 1. The molecule has 0 saturated heterocycles. The Bertz CT molecular complexity index is 1800. The number of carbonyl (C=O) groups excluding carboxylic acids is 7. The molecule has 0 spiro atoms. The van der Waals surface area contributed by atoms with E-state index in [0.717, 1.165) is 21.9 Å². The van der Waals surface area contributed by atoms with E-state index in [4.69, 9.17) is 16.2 Å². The lowest BCUT2D eigenvalue weighted by Crippen LogP contribution is -2.54. The number of hydrogen-bond acceptors (Lipinski definition) is 8. The normalized spacial score (nSPS) is 13.8. The summed E-state index contributed by atoms with van der Waals surface area (Å²) in [5, 5.41) is 9.66. The number of rotatable bonds is 23. The zero-order valence-corrected chi connectivity index (χ0v) is 32.2. The first kappa shape index (κ1) is 43.8. The maximum Gasteiger partial charge on any atom is 0.312 e. The molecule has 0 saturated carbocycles. The fourth-order valence-electron chi connectivity index (χ4n) is 6.33. The Hall–Kier alpha value is -5.59. The molecule has 5 atom stereocenters. The second-order valence-electron chi connectivity index (χ2n) is 14.5. The molecule has 3 aromatic rings. The number of nitrogens with two attached hydrogens (primary N) is 2. The Kier molecular flexibility index (Phi) is 17.5. The number of esters is 1. The minimum Gasteiger partial charge on any atom is -0.461 e. The van der Waals surface area contributed by atoms with E-state index in [-0.39, 0.29) is 51.2 Å². The molecule has 0 aromatic heterocycles. The summed E-state index contributed by atoms with van der Waals surface area (Å²) >= 11 is 0. The van der Waals surface area contributed by atoms with Crippen LogP contribution in [0.2, 0.25) is 0 Å². The summed E-state index contributed by atoms with van der Waals surface area (Å²) < 4.78 is 5.42. The van der Waals surface area contributed by atoms with E-state index in [1.807, 2.05) is 86.6 Å². The van der Waals surface area contributed by atoms with Crippen LogP contribution in [0.5, 0.6) is 0 Å². The van der Waals surface area contributed by atoms with Crippen molar-refractivity contribution in [3.05, 3.63) is 83.9 Å². The van der Waals surface area contributed by atoms with E-state index in [0.29, 0.717) is 12.8 Å². The van der Waals surface area contributed by atoms with Gasteiger partial charge in [0.15, 0.2) is 5.78 Å². The largest absolute Gasteiger partial charge is 0.461 e. The van der Waals surface area contributed by atoms with Crippen LogP contribution >= 0.6 is 0 Å². The molecule has 3 rings (SSSR count).